The molecule has 1 aliphatic rings. The fourth-order valence-corrected chi connectivity index (χ4v) is 14.2. The van der Waals surface area contributed by atoms with Gasteiger partial charge >= 0.3 is 7.82 Å². The Balaban J connectivity index is 1.09. The van der Waals surface area contributed by atoms with Gasteiger partial charge < -0.3 is 14.9 Å². The number of hydrogen-bond acceptors (Lipinski definition) is 13. The minimum absolute atomic E-state index is 0.0339. The van der Waals surface area contributed by atoms with Gasteiger partial charge in [0.1, 0.15) is 5.75 Å². The molecule has 1 heterocycles. The molecule has 73 heavy (non-hydrogen) atoms. The molecule has 17 heteroatoms. The average Bonchev–Trinajstić information content (AvgIpc) is 3.33. The van der Waals surface area contributed by atoms with Crippen LogP contribution in [-0.4, -0.2) is 101 Å². The zero-order valence-corrected chi connectivity index (χ0v) is 47.4. The number of carbonyl (C=O) groups is 1. The number of aliphatic hydroxyl groups excluding tert-OH is 1. The van der Waals surface area contributed by atoms with Crippen molar-refractivity contribution in [3.63, 3.8) is 0 Å². The molecule has 0 bridgehead atoms. The van der Waals surface area contributed by atoms with Crippen LogP contribution in [0.4, 0.5) is 5.69 Å². The first-order valence-corrected chi connectivity index (χ1v) is 31.2. The number of hydrogen-bond donors (Lipinski definition) is 1. The number of Topliss-reactive ketones (excluding diaryl/α,β-unsaturated/α-hetero) is 1. The van der Waals surface area contributed by atoms with E-state index in [1.54, 1.807) is 71.5 Å². The fraction of sp³-hybridized carbons (Fsp3) is 0.446. The third-order valence-corrected chi connectivity index (χ3v) is 18.9. The number of phosphoric acid groups is 1. The normalized spacial score (nSPS) is 15.1. The number of carbonyl (C=O) groups excluding carboxylic acids is 1. The molecule has 0 amide bonds. The number of ketones is 1. The van der Waals surface area contributed by atoms with Gasteiger partial charge in [0, 0.05) is 52.8 Å². The molecule has 2 atom stereocenters. The maximum Gasteiger partial charge on any atom is 0.475 e. The Labute approximate surface area is 443 Å². The van der Waals surface area contributed by atoms with Crippen molar-refractivity contribution in [2.24, 2.45) is 11.8 Å². The molecule has 0 aromatic heterocycles. The molecule has 5 aromatic carbocycles. The van der Waals surface area contributed by atoms with E-state index in [0.717, 1.165) is 46.4 Å². The van der Waals surface area contributed by atoms with Gasteiger partial charge in [-0.15, -0.1) is 11.8 Å². The third kappa shape index (κ3) is 17.6. The lowest BCUT2D eigenvalue weighted by Crippen LogP contribution is -2.35. The van der Waals surface area contributed by atoms with Gasteiger partial charge in [-0.2, -0.15) is 0 Å². The molecule has 0 saturated carbocycles. The summed E-state index contributed by atoms with van der Waals surface area (Å²) in [6.45, 7) is 16.0. The van der Waals surface area contributed by atoms with Crippen molar-refractivity contribution in [2.75, 3.05) is 62.0 Å². The summed E-state index contributed by atoms with van der Waals surface area (Å²) in [5.41, 5.74) is 2.91. The van der Waals surface area contributed by atoms with Gasteiger partial charge in [-0.25, -0.2) is 21.4 Å². The van der Waals surface area contributed by atoms with Crippen LogP contribution in [0.5, 0.6) is 0 Å². The molecular formula is C56H72ClN2O10PS3. The van der Waals surface area contributed by atoms with Crippen LogP contribution in [0.1, 0.15) is 95.3 Å². The summed E-state index contributed by atoms with van der Waals surface area (Å²) >= 11 is 7.80. The van der Waals surface area contributed by atoms with Gasteiger partial charge in [0.2, 0.25) is 0 Å². The molecule has 0 spiro atoms. The number of halogens is 1. The summed E-state index contributed by atoms with van der Waals surface area (Å²) in [6.07, 6.45) is 2.94. The number of benzene rings is 5. The Hall–Kier alpha value is -3.86. The zero-order chi connectivity index (χ0) is 53.2. The van der Waals surface area contributed by atoms with E-state index < -0.39 is 56.3 Å². The first-order chi connectivity index (χ1) is 34.3. The van der Waals surface area contributed by atoms with Gasteiger partial charge in [0.25, 0.3) is 0 Å². The van der Waals surface area contributed by atoms with E-state index in [1.807, 2.05) is 97.9 Å². The summed E-state index contributed by atoms with van der Waals surface area (Å²) in [4.78, 5) is 18.7. The summed E-state index contributed by atoms with van der Waals surface area (Å²) in [6, 6.07) is 36.5. The largest absolute Gasteiger partial charge is 0.475 e. The van der Waals surface area contributed by atoms with Crippen LogP contribution >= 0.6 is 31.2 Å². The van der Waals surface area contributed by atoms with Crippen molar-refractivity contribution < 1.29 is 44.9 Å². The summed E-state index contributed by atoms with van der Waals surface area (Å²) in [5.74, 6) is -0.769. The highest BCUT2D eigenvalue weighted by Gasteiger charge is 2.37. The van der Waals surface area contributed by atoms with Crippen molar-refractivity contribution >= 4 is 62.3 Å². The second-order valence-corrected chi connectivity index (χ2v) is 27.8. The number of likely N-dealkylation sites (N-methyl/N-ethyl adjacent to an activating group) is 1. The van der Waals surface area contributed by atoms with Crippen LogP contribution in [0.15, 0.2) is 136 Å². The van der Waals surface area contributed by atoms with Crippen molar-refractivity contribution in [1.82, 2.24) is 4.90 Å². The summed E-state index contributed by atoms with van der Waals surface area (Å²) in [7, 11) is -12.1. The Morgan fingerprint density at radius 2 is 1.45 bits per heavy atom. The van der Waals surface area contributed by atoms with Gasteiger partial charge in [-0.05, 0) is 175 Å². The van der Waals surface area contributed by atoms with E-state index >= 15 is 0 Å². The lowest BCUT2D eigenvalue weighted by Gasteiger charge is -2.36. The van der Waals surface area contributed by atoms with Crippen LogP contribution in [0.2, 0.25) is 5.02 Å². The molecule has 396 valence electrons. The highest BCUT2D eigenvalue weighted by atomic mass is 35.5. The number of piperidine rings is 1. The van der Waals surface area contributed by atoms with Crippen molar-refractivity contribution in [3.8, 4) is 11.1 Å². The van der Waals surface area contributed by atoms with Crippen LogP contribution in [0.3, 0.4) is 0 Å². The molecule has 0 aliphatic carbocycles. The molecular weight excluding hydrogens is 1020 g/mol. The first-order valence-electron chi connectivity index (χ1n) is 24.8. The predicted octanol–water partition coefficient (Wildman–Crippen LogP) is 12.4. The van der Waals surface area contributed by atoms with E-state index in [1.165, 1.54) is 12.1 Å². The maximum atomic E-state index is 13.9. The minimum Gasteiger partial charge on any atom is -0.388 e. The van der Waals surface area contributed by atoms with Gasteiger partial charge in [-0.1, -0.05) is 79.2 Å². The van der Waals surface area contributed by atoms with E-state index in [9.17, 15) is 31.3 Å². The van der Waals surface area contributed by atoms with Crippen molar-refractivity contribution in [2.45, 2.75) is 106 Å². The second-order valence-electron chi connectivity index (χ2n) is 20.7. The number of anilines is 1. The molecule has 5 aromatic rings. The fourth-order valence-electron chi connectivity index (χ4n) is 8.92. The van der Waals surface area contributed by atoms with Crippen LogP contribution < -0.4 is 4.90 Å². The Bertz CT molecular complexity index is 2860. The molecule has 1 saturated heterocycles. The highest BCUT2D eigenvalue weighted by molar-refractivity contribution is 7.99. The van der Waals surface area contributed by atoms with Gasteiger partial charge in [-0.3, -0.25) is 18.4 Å². The standard InChI is InChI=1S/C56H72ClN2O10PS3/c1-9-58(35-36-67-70(62,68-55(2,3)4)69-56(5,6)7)32-29-41(39-71-48-15-11-10-12-16-48)37-45-23-28-49(38-53(45)72(8,63)64)73(65,66)40-52(60)43-21-26-47(27-22-43)59-33-30-44(31-34-59)54(61)51-18-14-13-17-50(51)42-19-24-46(57)25-20-42/h10-28,38,41,44,54,61H,9,29-37,39-40H2,1-8H3/t41-,54+/m0/s1. The van der Waals surface area contributed by atoms with E-state index in [0.29, 0.717) is 61.9 Å². The quantitative estimate of drug-likeness (QED) is 0.0354. The van der Waals surface area contributed by atoms with E-state index in [4.69, 9.17) is 25.2 Å². The van der Waals surface area contributed by atoms with Crippen LogP contribution in [-0.2, 0) is 44.2 Å². The van der Waals surface area contributed by atoms with Crippen molar-refractivity contribution in [1.29, 1.82) is 0 Å². The topological polar surface area (TPSA) is 157 Å². The van der Waals surface area contributed by atoms with Crippen LogP contribution in [0.25, 0.3) is 11.1 Å². The molecule has 0 radical (unpaired) electrons. The minimum atomic E-state index is -4.25. The van der Waals surface area contributed by atoms with Crippen molar-refractivity contribution in [3.05, 3.63) is 143 Å². The number of sulfone groups is 2. The number of nitrogens with zero attached hydrogens (tertiary/aromatic N) is 2. The van der Waals surface area contributed by atoms with Crippen LogP contribution in [0, 0.1) is 11.8 Å². The lowest BCUT2D eigenvalue weighted by atomic mass is 9.84. The predicted molar refractivity (Wildman–Crippen MR) is 295 cm³/mol. The highest BCUT2D eigenvalue weighted by Crippen LogP contribution is 2.55. The van der Waals surface area contributed by atoms with E-state index in [2.05, 4.69) is 9.80 Å². The number of phosphoric ester groups is 1. The van der Waals surface area contributed by atoms with Gasteiger partial charge in [0.15, 0.2) is 25.5 Å². The first kappa shape index (κ1) is 58.4. The third-order valence-electron chi connectivity index (χ3n) is 12.6. The SMILES string of the molecule is CCN(CCOP(=O)(OC(C)(C)C)OC(C)(C)C)CC[C@H](CSc1ccccc1)Cc1ccc(S(=O)(=O)CC(=O)c2ccc(N3CCC([C@@H](O)c4ccccc4-c4ccc(Cl)cc4)CC3)cc2)cc1S(C)(=O)=O. The molecule has 12 nitrogen and oxygen atoms in total. The molecule has 6 rings (SSSR count). The zero-order valence-electron chi connectivity index (χ0n) is 43.3. The Kier molecular flexibility index (Phi) is 20.3. The second kappa shape index (κ2) is 25.3. The Morgan fingerprint density at radius 3 is 2.05 bits per heavy atom. The monoisotopic (exact) mass is 1090 g/mol. The molecule has 0 unspecified atom stereocenters. The molecule has 1 N–H and O–H groups in total. The number of rotatable bonds is 24. The summed E-state index contributed by atoms with van der Waals surface area (Å²) < 4.78 is 85.7. The number of thioether (sulfide) groups is 1. The smallest absolute Gasteiger partial charge is 0.388 e. The Morgan fingerprint density at radius 1 is 0.836 bits per heavy atom. The number of aliphatic hydroxyl groups is 1. The average molecular weight is 1100 g/mol. The summed E-state index contributed by atoms with van der Waals surface area (Å²) in [5, 5.41) is 12.2. The van der Waals surface area contributed by atoms with E-state index in [-0.39, 0.29) is 33.8 Å². The molecule has 1 aliphatic heterocycles. The maximum absolute atomic E-state index is 13.9. The molecule has 1 fully saturated rings. The van der Waals surface area contributed by atoms with Gasteiger partial charge in [0.05, 0.1) is 33.7 Å². The lowest BCUT2D eigenvalue weighted by molar-refractivity contribution is 0.00101.